The first-order chi connectivity index (χ1) is 14.7. The molecule has 31 heavy (non-hydrogen) atoms. The lowest BCUT2D eigenvalue weighted by Gasteiger charge is -2.19. The van der Waals surface area contributed by atoms with Crippen LogP contribution < -0.4 is 15.4 Å². The Labute approximate surface area is 183 Å². The van der Waals surface area contributed by atoms with Gasteiger partial charge in [0, 0.05) is 25.1 Å². The van der Waals surface area contributed by atoms with E-state index in [4.69, 9.17) is 9.47 Å². The Balaban J connectivity index is 1.73. The van der Waals surface area contributed by atoms with Crippen LogP contribution in [0.4, 0.5) is 9.59 Å². The molecule has 0 fully saturated rings. The van der Waals surface area contributed by atoms with Gasteiger partial charge in [0.1, 0.15) is 11.4 Å². The van der Waals surface area contributed by atoms with Crippen LogP contribution in [0, 0.1) is 0 Å². The van der Waals surface area contributed by atoms with E-state index >= 15 is 0 Å². The predicted molar refractivity (Wildman–Crippen MR) is 118 cm³/mol. The largest absolute Gasteiger partial charge is 0.444 e. The van der Waals surface area contributed by atoms with Crippen LogP contribution in [0.2, 0.25) is 0 Å². The number of nitrogens with one attached hydrogen (secondary N) is 2. The lowest BCUT2D eigenvalue weighted by molar-refractivity contribution is 0.0527. The Morgan fingerprint density at radius 1 is 0.871 bits per heavy atom. The maximum Gasteiger partial charge on any atom is 0.412 e. The molecule has 2 aromatic carbocycles. The minimum Gasteiger partial charge on any atom is -0.444 e. The highest BCUT2D eigenvalue weighted by Gasteiger charge is 2.16. The van der Waals surface area contributed by atoms with Crippen molar-refractivity contribution in [2.24, 2.45) is 0 Å². The van der Waals surface area contributed by atoms with Crippen molar-refractivity contribution in [3.63, 3.8) is 0 Å². The molecule has 2 N–H and O–H groups in total. The summed E-state index contributed by atoms with van der Waals surface area (Å²) in [5.41, 5.74) is 1.02. The maximum atomic E-state index is 12.3. The van der Waals surface area contributed by atoms with Gasteiger partial charge < -0.3 is 20.1 Å². The summed E-state index contributed by atoms with van der Waals surface area (Å²) < 4.78 is 10.4. The van der Waals surface area contributed by atoms with Gasteiger partial charge in [-0.05, 0) is 51.3 Å². The number of aryl methyl sites for hydroxylation is 1. The first-order valence-corrected chi connectivity index (χ1v) is 10.3. The molecule has 7 nitrogen and oxygen atoms in total. The van der Waals surface area contributed by atoms with Crippen LogP contribution in [-0.4, -0.2) is 36.7 Å². The predicted octanol–water partition coefficient (Wildman–Crippen LogP) is 4.51. The van der Waals surface area contributed by atoms with Crippen LogP contribution in [0.25, 0.3) is 0 Å². The number of ether oxygens (including phenoxy) is 2. The molecule has 0 heterocycles. The van der Waals surface area contributed by atoms with Crippen LogP contribution in [0.1, 0.15) is 49.5 Å². The summed E-state index contributed by atoms with van der Waals surface area (Å²) in [7, 11) is 0. The molecular weight excluding hydrogens is 396 g/mol. The van der Waals surface area contributed by atoms with Gasteiger partial charge in [-0.3, -0.25) is 4.79 Å². The highest BCUT2D eigenvalue weighted by atomic mass is 16.6. The third-order valence-electron chi connectivity index (χ3n) is 4.14. The summed E-state index contributed by atoms with van der Waals surface area (Å²) in [6.07, 6.45) is 0.629. The Morgan fingerprint density at radius 2 is 1.58 bits per heavy atom. The fourth-order valence-electron chi connectivity index (χ4n) is 2.74. The summed E-state index contributed by atoms with van der Waals surface area (Å²) in [5.74, 6) is 0.108. The van der Waals surface area contributed by atoms with Crippen molar-refractivity contribution >= 4 is 18.0 Å². The van der Waals surface area contributed by atoms with Gasteiger partial charge in [-0.25, -0.2) is 9.59 Å². The number of hydrogen-bond donors (Lipinski definition) is 2. The molecule has 2 rings (SSSR count). The number of Topliss-reactive ketones (excluding diaryl/α,β-unsaturated/α-hetero) is 1. The molecule has 0 saturated carbocycles. The monoisotopic (exact) mass is 426 g/mol. The van der Waals surface area contributed by atoms with Crippen molar-refractivity contribution in [1.82, 2.24) is 10.6 Å². The molecule has 0 bridgehead atoms. The second-order valence-electron chi connectivity index (χ2n) is 8.04. The van der Waals surface area contributed by atoms with Crippen molar-refractivity contribution in [2.75, 3.05) is 13.1 Å². The second kappa shape index (κ2) is 11.7. The zero-order chi connectivity index (χ0) is 22.7. The van der Waals surface area contributed by atoms with Crippen LogP contribution in [0.5, 0.6) is 5.75 Å². The lowest BCUT2D eigenvalue weighted by Crippen LogP contribution is -2.33. The molecule has 7 heteroatoms. The van der Waals surface area contributed by atoms with Crippen molar-refractivity contribution < 1.29 is 23.9 Å². The van der Waals surface area contributed by atoms with Gasteiger partial charge in [0.15, 0.2) is 5.78 Å². The molecular formula is C24H30N2O5. The van der Waals surface area contributed by atoms with E-state index in [-0.39, 0.29) is 24.5 Å². The number of rotatable bonds is 9. The van der Waals surface area contributed by atoms with Crippen LogP contribution in [0.15, 0.2) is 54.6 Å². The van der Waals surface area contributed by atoms with Crippen molar-refractivity contribution in [1.29, 1.82) is 0 Å². The number of carbonyl (C=O) groups is 3. The van der Waals surface area contributed by atoms with Gasteiger partial charge in [-0.1, -0.05) is 42.5 Å². The zero-order valence-electron chi connectivity index (χ0n) is 18.3. The maximum absolute atomic E-state index is 12.3. The molecule has 0 unspecified atom stereocenters. The van der Waals surface area contributed by atoms with E-state index in [1.54, 1.807) is 39.0 Å². The number of hydrogen-bond acceptors (Lipinski definition) is 5. The highest BCUT2D eigenvalue weighted by Crippen LogP contribution is 2.15. The molecule has 0 radical (unpaired) electrons. The van der Waals surface area contributed by atoms with Crippen LogP contribution in [-0.2, 0) is 11.2 Å². The lowest BCUT2D eigenvalue weighted by atomic mass is 10.1. The molecule has 2 aromatic rings. The van der Waals surface area contributed by atoms with E-state index in [0.29, 0.717) is 12.1 Å². The van der Waals surface area contributed by atoms with Gasteiger partial charge in [-0.15, -0.1) is 0 Å². The highest BCUT2D eigenvalue weighted by molar-refractivity contribution is 5.96. The van der Waals surface area contributed by atoms with Crippen molar-refractivity contribution in [2.45, 2.75) is 45.6 Å². The SMILES string of the molecule is CC(C)(C)OC(=O)NCCC(=O)c1cccc(OC(=O)NCCCc2ccccc2)c1. The Hall–Kier alpha value is -3.35. The third kappa shape index (κ3) is 9.80. The number of amides is 2. The second-order valence-corrected chi connectivity index (χ2v) is 8.04. The van der Waals surface area contributed by atoms with E-state index < -0.39 is 17.8 Å². The van der Waals surface area contributed by atoms with Crippen LogP contribution >= 0.6 is 0 Å². The number of carbonyl (C=O) groups excluding carboxylic acids is 3. The first-order valence-electron chi connectivity index (χ1n) is 10.3. The summed E-state index contributed by atoms with van der Waals surface area (Å²) >= 11 is 0. The van der Waals surface area contributed by atoms with E-state index in [1.807, 2.05) is 30.3 Å². The van der Waals surface area contributed by atoms with E-state index in [1.165, 1.54) is 11.6 Å². The Morgan fingerprint density at radius 3 is 2.29 bits per heavy atom. The normalized spacial score (nSPS) is 10.8. The third-order valence-corrected chi connectivity index (χ3v) is 4.14. The number of ketones is 1. The minimum atomic E-state index is -0.595. The first kappa shape index (κ1) is 23.9. The average molecular weight is 427 g/mol. The Bertz CT molecular complexity index is 875. The molecule has 0 spiro atoms. The molecule has 0 atom stereocenters. The molecule has 0 aliphatic carbocycles. The number of benzene rings is 2. The van der Waals surface area contributed by atoms with Crippen molar-refractivity contribution in [3.05, 3.63) is 65.7 Å². The van der Waals surface area contributed by atoms with E-state index in [9.17, 15) is 14.4 Å². The summed E-state index contributed by atoms with van der Waals surface area (Å²) in [5, 5.41) is 5.26. The topological polar surface area (TPSA) is 93.7 Å². The molecule has 0 aromatic heterocycles. The fourth-order valence-corrected chi connectivity index (χ4v) is 2.74. The Kier molecular flexibility index (Phi) is 9.06. The molecule has 0 saturated heterocycles. The average Bonchev–Trinajstić information content (AvgIpc) is 2.71. The van der Waals surface area contributed by atoms with E-state index in [0.717, 1.165) is 12.8 Å². The van der Waals surface area contributed by atoms with Crippen LogP contribution in [0.3, 0.4) is 0 Å². The summed E-state index contributed by atoms with van der Waals surface area (Å²) in [4.78, 5) is 36.0. The molecule has 166 valence electrons. The van der Waals surface area contributed by atoms with Gasteiger partial charge in [-0.2, -0.15) is 0 Å². The quantitative estimate of drug-likeness (QED) is 0.455. The molecule has 2 amide bonds. The minimum absolute atomic E-state index is 0.106. The fraction of sp³-hybridized carbons (Fsp3) is 0.375. The number of alkyl carbamates (subject to hydrolysis) is 1. The standard InChI is InChI=1S/C24H30N2O5/c1-24(2,3)31-23(29)26-16-14-21(27)19-12-7-13-20(17-19)30-22(28)25-15-8-11-18-9-5-4-6-10-18/h4-7,9-10,12-13,17H,8,11,14-16H2,1-3H3,(H,25,28)(H,26,29). The van der Waals surface area contributed by atoms with Gasteiger partial charge in [0.2, 0.25) is 0 Å². The van der Waals surface area contributed by atoms with E-state index in [2.05, 4.69) is 10.6 Å². The van der Waals surface area contributed by atoms with Gasteiger partial charge >= 0.3 is 12.2 Å². The molecule has 0 aliphatic rings. The molecule has 0 aliphatic heterocycles. The van der Waals surface area contributed by atoms with Gasteiger partial charge in [0.25, 0.3) is 0 Å². The summed E-state index contributed by atoms with van der Waals surface area (Å²) in [6.45, 7) is 5.94. The smallest absolute Gasteiger partial charge is 0.412 e. The summed E-state index contributed by atoms with van der Waals surface area (Å²) in [6, 6.07) is 16.4. The van der Waals surface area contributed by atoms with Gasteiger partial charge in [0.05, 0.1) is 0 Å². The zero-order valence-corrected chi connectivity index (χ0v) is 18.3. The van der Waals surface area contributed by atoms with Crippen molar-refractivity contribution in [3.8, 4) is 5.75 Å².